The Morgan fingerprint density at radius 3 is 2.57 bits per heavy atom. The van der Waals surface area contributed by atoms with Crippen LogP contribution >= 0.6 is 0 Å². The standard InChI is InChI=1S/C24H25N3O7S/c1-3-35(31,32)27-9-8-15-12-16(4-6-18(15)27)19(28)14-26-22(29)24(2,25-23(26)30)17-5-7-20-21(13-17)34-11-10-33-20/h4-7,12-13H,3,8-11,14H2,1-2H3,(H,25,30). The maximum Gasteiger partial charge on any atom is 0.325 e. The zero-order valence-corrected chi connectivity index (χ0v) is 20.2. The fraction of sp³-hybridized carbons (Fsp3) is 0.375. The quantitative estimate of drug-likeness (QED) is 0.475. The number of ether oxygens (including phenoxy) is 2. The first kappa shape index (κ1) is 23.2. The third kappa shape index (κ3) is 3.79. The maximum absolute atomic E-state index is 13.3. The molecule has 1 unspecified atom stereocenters. The minimum atomic E-state index is -3.40. The molecule has 35 heavy (non-hydrogen) atoms. The van der Waals surface area contributed by atoms with E-state index in [1.54, 1.807) is 44.2 Å². The number of Topliss-reactive ketones (excluding diaryl/α,β-unsaturated/α-hetero) is 1. The van der Waals surface area contributed by atoms with Gasteiger partial charge >= 0.3 is 6.03 Å². The van der Waals surface area contributed by atoms with Gasteiger partial charge in [-0.1, -0.05) is 6.07 Å². The Kier molecular flexibility index (Phi) is 5.47. The predicted molar refractivity (Wildman–Crippen MR) is 126 cm³/mol. The molecule has 184 valence electrons. The second-order valence-electron chi connectivity index (χ2n) is 8.79. The summed E-state index contributed by atoms with van der Waals surface area (Å²) in [6.45, 7) is 3.88. The molecule has 1 N–H and O–H groups in total. The van der Waals surface area contributed by atoms with Crippen molar-refractivity contribution in [2.24, 2.45) is 0 Å². The van der Waals surface area contributed by atoms with E-state index in [2.05, 4.69) is 5.32 Å². The van der Waals surface area contributed by atoms with Gasteiger partial charge in [0.05, 0.1) is 18.0 Å². The van der Waals surface area contributed by atoms with E-state index >= 15 is 0 Å². The topological polar surface area (TPSA) is 122 Å². The van der Waals surface area contributed by atoms with Gasteiger partial charge in [-0.2, -0.15) is 0 Å². The molecule has 2 aromatic carbocycles. The van der Waals surface area contributed by atoms with Gasteiger partial charge in [-0.05, 0) is 61.7 Å². The molecule has 0 radical (unpaired) electrons. The fourth-order valence-corrected chi connectivity index (χ4v) is 5.77. The van der Waals surface area contributed by atoms with E-state index in [-0.39, 0.29) is 5.75 Å². The van der Waals surface area contributed by atoms with Crippen molar-refractivity contribution in [3.05, 3.63) is 53.1 Å². The summed E-state index contributed by atoms with van der Waals surface area (Å²) in [5.74, 6) is 0.0770. The van der Waals surface area contributed by atoms with Crippen LogP contribution < -0.4 is 19.1 Å². The maximum atomic E-state index is 13.3. The number of urea groups is 1. The van der Waals surface area contributed by atoms with Crippen LogP contribution in [0.5, 0.6) is 11.5 Å². The number of nitrogens with zero attached hydrogens (tertiary/aromatic N) is 2. The monoisotopic (exact) mass is 499 g/mol. The lowest BCUT2D eigenvalue weighted by molar-refractivity contribution is -0.130. The number of sulfonamides is 1. The van der Waals surface area contributed by atoms with E-state index in [0.717, 1.165) is 10.5 Å². The first-order valence-corrected chi connectivity index (χ1v) is 13.0. The van der Waals surface area contributed by atoms with Crippen LogP contribution in [0.1, 0.15) is 35.3 Å². The van der Waals surface area contributed by atoms with Crippen molar-refractivity contribution in [2.75, 3.05) is 36.4 Å². The Labute approximate surface area is 202 Å². The van der Waals surface area contributed by atoms with Crippen LogP contribution in [0.3, 0.4) is 0 Å². The molecule has 5 rings (SSSR count). The van der Waals surface area contributed by atoms with Crippen molar-refractivity contribution >= 4 is 33.4 Å². The summed E-state index contributed by atoms with van der Waals surface area (Å²) in [4.78, 5) is 39.9. The van der Waals surface area contributed by atoms with Crippen molar-refractivity contribution in [3.8, 4) is 11.5 Å². The van der Waals surface area contributed by atoms with Gasteiger partial charge in [0.25, 0.3) is 5.91 Å². The van der Waals surface area contributed by atoms with E-state index in [9.17, 15) is 22.8 Å². The lowest BCUT2D eigenvalue weighted by atomic mass is 9.91. The van der Waals surface area contributed by atoms with Crippen molar-refractivity contribution < 1.29 is 32.3 Å². The van der Waals surface area contributed by atoms with E-state index in [0.29, 0.717) is 54.5 Å². The molecule has 0 spiro atoms. The highest BCUT2D eigenvalue weighted by Gasteiger charge is 2.50. The average molecular weight is 500 g/mol. The zero-order valence-electron chi connectivity index (χ0n) is 19.4. The van der Waals surface area contributed by atoms with Gasteiger partial charge < -0.3 is 14.8 Å². The zero-order chi connectivity index (χ0) is 25.0. The van der Waals surface area contributed by atoms with Crippen LogP contribution in [0.25, 0.3) is 0 Å². The number of imide groups is 1. The SMILES string of the molecule is CCS(=O)(=O)N1CCc2cc(C(=O)CN3C(=O)NC(C)(c4ccc5c(c4)OCCO5)C3=O)ccc21. The van der Waals surface area contributed by atoms with Crippen LogP contribution in [0.15, 0.2) is 36.4 Å². The Bertz CT molecular complexity index is 1360. The Balaban J connectivity index is 1.35. The summed E-state index contributed by atoms with van der Waals surface area (Å²) in [6.07, 6.45) is 0.487. The summed E-state index contributed by atoms with van der Waals surface area (Å²) >= 11 is 0. The number of hydrogen-bond acceptors (Lipinski definition) is 7. The molecule has 3 aliphatic rings. The highest BCUT2D eigenvalue weighted by molar-refractivity contribution is 7.92. The molecular weight excluding hydrogens is 474 g/mol. The first-order valence-electron chi connectivity index (χ1n) is 11.3. The minimum Gasteiger partial charge on any atom is -0.486 e. The number of fused-ring (bicyclic) bond motifs is 2. The van der Waals surface area contributed by atoms with E-state index in [1.807, 2.05) is 0 Å². The molecule has 10 nitrogen and oxygen atoms in total. The van der Waals surface area contributed by atoms with Crippen molar-refractivity contribution in [1.29, 1.82) is 0 Å². The lowest BCUT2D eigenvalue weighted by Crippen LogP contribution is -2.41. The van der Waals surface area contributed by atoms with Gasteiger partial charge in [-0.3, -0.25) is 18.8 Å². The molecule has 1 atom stereocenters. The molecule has 0 saturated carbocycles. The molecule has 11 heteroatoms. The number of benzene rings is 2. The van der Waals surface area contributed by atoms with Crippen LogP contribution in [-0.2, 0) is 26.8 Å². The van der Waals surface area contributed by atoms with Crippen LogP contribution in [0.2, 0.25) is 0 Å². The molecule has 0 bridgehead atoms. The van der Waals surface area contributed by atoms with Crippen LogP contribution in [0.4, 0.5) is 10.5 Å². The second-order valence-corrected chi connectivity index (χ2v) is 11.0. The van der Waals surface area contributed by atoms with Gasteiger partial charge in [-0.25, -0.2) is 13.2 Å². The van der Waals surface area contributed by atoms with Crippen LogP contribution in [0, 0.1) is 0 Å². The summed E-state index contributed by atoms with van der Waals surface area (Å²) in [6, 6.07) is 9.15. The number of nitrogens with one attached hydrogen (secondary N) is 1. The summed E-state index contributed by atoms with van der Waals surface area (Å²) in [5, 5.41) is 2.70. The number of amides is 3. The minimum absolute atomic E-state index is 0.0125. The van der Waals surface area contributed by atoms with Gasteiger partial charge in [-0.15, -0.1) is 0 Å². The van der Waals surface area contributed by atoms with E-state index < -0.39 is 39.8 Å². The number of carbonyl (C=O) groups is 3. The largest absolute Gasteiger partial charge is 0.486 e. The molecule has 2 aromatic rings. The van der Waals surface area contributed by atoms with E-state index in [1.165, 1.54) is 10.4 Å². The molecule has 1 fully saturated rings. The third-order valence-electron chi connectivity index (χ3n) is 6.65. The van der Waals surface area contributed by atoms with Gasteiger partial charge in [0.1, 0.15) is 18.8 Å². The van der Waals surface area contributed by atoms with Crippen LogP contribution in [-0.4, -0.2) is 63.1 Å². The molecule has 0 aromatic heterocycles. The molecule has 1 saturated heterocycles. The van der Waals surface area contributed by atoms with Crippen molar-refractivity contribution in [2.45, 2.75) is 25.8 Å². The Hall–Kier alpha value is -3.60. The third-order valence-corrected chi connectivity index (χ3v) is 8.43. The molecule has 3 heterocycles. The average Bonchev–Trinajstić information content (AvgIpc) is 3.38. The molecule has 3 amide bonds. The lowest BCUT2D eigenvalue weighted by Gasteiger charge is -2.25. The summed E-state index contributed by atoms with van der Waals surface area (Å²) in [5.41, 5.74) is 0.772. The molecule has 3 aliphatic heterocycles. The molecule has 0 aliphatic carbocycles. The van der Waals surface area contributed by atoms with E-state index in [4.69, 9.17) is 9.47 Å². The van der Waals surface area contributed by atoms with Gasteiger partial charge in [0.15, 0.2) is 17.3 Å². The Morgan fingerprint density at radius 2 is 1.83 bits per heavy atom. The molecular formula is C24H25N3O7S. The van der Waals surface area contributed by atoms with Gasteiger partial charge in [0, 0.05) is 12.1 Å². The number of ketones is 1. The summed E-state index contributed by atoms with van der Waals surface area (Å²) in [7, 11) is -3.40. The fourth-order valence-electron chi connectivity index (χ4n) is 4.62. The first-order chi connectivity index (χ1) is 16.6. The number of carbonyl (C=O) groups excluding carboxylic acids is 3. The van der Waals surface area contributed by atoms with Crippen molar-refractivity contribution in [3.63, 3.8) is 0 Å². The number of hydrogen-bond donors (Lipinski definition) is 1. The predicted octanol–water partition coefficient (Wildman–Crippen LogP) is 1.82. The van der Waals surface area contributed by atoms with Crippen molar-refractivity contribution in [1.82, 2.24) is 10.2 Å². The summed E-state index contributed by atoms with van der Waals surface area (Å²) < 4.78 is 37.1. The highest BCUT2D eigenvalue weighted by Crippen LogP contribution is 2.37. The highest BCUT2D eigenvalue weighted by atomic mass is 32.2. The normalized spacial score (nSPS) is 21.2. The number of anilines is 1. The van der Waals surface area contributed by atoms with Gasteiger partial charge in [0.2, 0.25) is 10.0 Å². The number of rotatable bonds is 6. The second kappa shape index (κ2) is 8.26. The smallest absolute Gasteiger partial charge is 0.325 e. The Morgan fingerprint density at radius 1 is 1.09 bits per heavy atom.